The molecule has 2 rings (SSSR count). The summed E-state index contributed by atoms with van der Waals surface area (Å²) in [4.78, 5) is 28.2. The van der Waals surface area contributed by atoms with Gasteiger partial charge in [0.25, 0.3) is 0 Å². The molecule has 0 bridgehead atoms. The Morgan fingerprint density at radius 3 is 2.69 bits per heavy atom. The van der Waals surface area contributed by atoms with E-state index in [1.54, 1.807) is 0 Å². The first-order valence-electron chi connectivity index (χ1n) is 9.46. The topological polar surface area (TPSA) is 66.6 Å². The van der Waals surface area contributed by atoms with E-state index in [-0.39, 0.29) is 24.3 Å². The van der Waals surface area contributed by atoms with E-state index in [1.807, 2.05) is 40.1 Å². The zero-order valence-corrected chi connectivity index (χ0v) is 15.9. The van der Waals surface area contributed by atoms with E-state index in [1.165, 1.54) is 0 Å². The first kappa shape index (κ1) is 20.2. The minimum Gasteiger partial charge on any atom is -0.369 e. The van der Waals surface area contributed by atoms with Gasteiger partial charge in [-0.15, -0.1) is 0 Å². The third-order valence-electron chi connectivity index (χ3n) is 4.57. The molecule has 1 heterocycles. The van der Waals surface area contributed by atoms with E-state index in [4.69, 9.17) is 5.73 Å². The van der Waals surface area contributed by atoms with Crippen LogP contribution >= 0.6 is 0 Å². The molecule has 1 aromatic carbocycles. The van der Waals surface area contributed by atoms with Crippen molar-refractivity contribution in [3.8, 4) is 0 Å². The molecule has 1 aliphatic heterocycles. The van der Waals surface area contributed by atoms with Gasteiger partial charge in [0.2, 0.25) is 11.8 Å². The molecule has 0 radical (unpaired) electrons. The Morgan fingerprint density at radius 1 is 1.31 bits per heavy atom. The van der Waals surface area contributed by atoms with Gasteiger partial charge in [-0.2, -0.15) is 0 Å². The fourth-order valence-electron chi connectivity index (χ4n) is 3.45. The van der Waals surface area contributed by atoms with Gasteiger partial charge >= 0.3 is 0 Å². The fourth-order valence-corrected chi connectivity index (χ4v) is 3.45. The maximum atomic E-state index is 13.1. The Hall–Kier alpha value is -2.14. The number of benzene rings is 1. The summed E-state index contributed by atoms with van der Waals surface area (Å²) in [5.74, 6) is 0.217. The molecule has 0 aromatic heterocycles. The van der Waals surface area contributed by atoms with Crippen LogP contribution in [-0.2, 0) is 9.59 Å². The number of primary amides is 1. The van der Waals surface area contributed by atoms with Crippen molar-refractivity contribution in [2.45, 2.75) is 26.7 Å². The zero-order chi connectivity index (χ0) is 18.9. The predicted octanol–water partition coefficient (Wildman–Crippen LogP) is 2.38. The first-order valence-corrected chi connectivity index (χ1v) is 9.46. The number of carbonyl (C=O) groups excluding carboxylic acids is 2. The smallest absolute Gasteiger partial charge is 0.231 e. The van der Waals surface area contributed by atoms with Gasteiger partial charge in [0.15, 0.2) is 0 Å². The second-order valence-electron chi connectivity index (χ2n) is 7.49. The Bertz CT molecular complexity index is 613. The van der Waals surface area contributed by atoms with Crippen LogP contribution in [0.1, 0.15) is 32.3 Å². The Labute approximate surface area is 156 Å². The number of nitrogens with two attached hydrogens (primary N) is 1. The highest BCUT2D eigenvalue weighted by molar-refractivity contribution is 5.80. The SMILES string of the molecule is CC(C)CN(C/C=C/c1ccccc1)C(=O)[C@@H]1CCCN(CC(N)=O)C1. The highest BCUT2D eigenvalue weighted by Crippen LogP contribution is 2.19. The van der Waals surface area contributed by atoms with Crippen LogP contribution in [0.2, 0.25) is 0 Å². The van der Waals surface area contributed by atoms with Crippen LogP contribution in [-0.4, -0.2) is 54.3 Å². The number of carbonyl (C=O) groups is 2. The van der Waals surface area contributed by atoms with Crippen molar-refractivity contribution in [1.29, 1.82) is 0 Å². The van der Waals surface area contributed by atoms with Crippen molar-refractivity contribution >= 4 is 17.9 Å². The van der Waals surface area contributed by atoms with Gasteiger partial charge in [-0.3, -0.25) is 14.5 Å². The van der Waals surface area contributed by atoms with Gasteiger partial charge in [0.1, 0.15) is 0 Å². The van der Waals surface area contributed by atoms with Gasteiger partial charge < -0.3 is 10.6 Å². The molecular formula is C21H31N3O2. The summed E-state index contributed by atoms with van der Waals surface area (Å²) in [7, 11) is 0. The van der Waals surface area contributed by atoms with Crippen molar-refractivity contribution in [3.05, 3.63) is 42.0 Å². The number of hydrogen-bond acceptors (Lipinski definition) is 3. The van der Waals surface area contributed by atoms with E-state index in [9.17, 15) is 9.59 Å². The molecule has 0 aliphatic carbocycles. The summed E-state index contributed by atoms with van der Waals surface area (Å²) in [6.07, 6.45) is 5.92. The van der Waals surface area contributed by atoms with Crippen molar-refractivity contribution in [2.24, 2.45) is 17.6 Å². The maximum Gasteiger partial charge on any atom is 0.231 e. The summed E-state index contributed by atoms with van der Waals surface area (Å²) in [6, 6.07) is 10.1. The molecule has 1 saturated heterocycles. The molecule has 142 valence electrons. The maximum absolute atomic E-state index is 13.1. The molecular weight excluding hydrogens is 326 g/mol. The summed E-state index contributed by atoms with van der Waals surface area (Å²) in [5, 5.41) is 0. The highest BCUT2D eigenvalue weighted by Gasteiger charge is 2.29. The lowest BCUT2D eigenvalue weighted by molar-refractivity contribution is -0.138. The number of piperidine rings is 1. The van der Waals surface area contributed by atoms with Crippen LogP contribution in [0.15, 0.2) is 36.4 Å². The summed E-state index contributed by atoms with van der Waals surface area (Å²) < 4.78 is 0. The molecule has 1 aromatic rings. The van der Waals surface area contributed by atoms with Crippen LogP contribution in [0.3, 0.4) is 0 Å². The van der Waals surface area contributed by atoms with Crippen molar-refractivity contribution < 1.29 is 9.59 Å². The molecule has 0 saturated carbocycles. The van der Waals surface area contributed by atoms with Crippen LogP contribution in [0.25, 0.3) is 6.08 Å². The number of amides is 2. The lowest BCUT2D eigenvalue weighted by Crippen LogP contribution is -2.47. The van der Waals surface area contributed by atoms with Gasteiger partial charge in [-0.1, -0.05) is 56.3 Å². The number of hydrogen-bond donors (Lipinski definition) is 1. The Kier molecular flexibility index (Phi) is 7.85. The summed E-state index contributed by atoms with van der Waals surface area (Å²) >= 11 is 0. The van der Waals surface area contributed by atoms with Gasteiger partial charge in [-0.05, 0) is 30.9 Å². The second-order valence-corrected chi connectivity index (χ2v) is 7.49. The Balaban J connectivity index is 1.99. The highest BCUT2D eigenvalue weighted by atomic mass is 16.2. The largest absolute Gasteiger partial charge is 0.369 e. The third kappa shape index (κ3) is 6.64. The second kappa shape index (κ2) is 10.1. The summed E-state index contributed by atoms with van der Waals surface area (Å²) in [5.41, 5.74) is 6.44. The monoisotopic (exact) mass is 357 g/mol. The van der Waals surface area contributed by atoms with Gasteiger partial charge in [0, 0.05) is 19.6 Å². The molecule has 0 spiro atoms. The molecule has 5 nitrogen and oxygen atoms in total. The van der Waals surface area contributed by atoms with Crippen LogP contribution in [0.4, 0.5) is 0 Å². The van der Waals surface area contributed by atoms with E-state index < -0.39 is 0 Å². The van der Waals surface area contributed by atoms with E-state index in [0.717, 1.165) is 31.5 Å². The molecule has 1 fully saturated rings. The van der Waals surface area contributed by atoms with Crippen molar-refractivity contribution in [1.82, 2.24) is 9.80 Å². The lowest BCUT2D eigenvalue weighted by atomic mass is 9.96. The van der Waals surface area contributed by atoms with Crippen LogP contribution in [0, 0.1) is 11.8 Å². The van der Waals surface area contributed by atoms with E-state index in [0.29, 0.717) is 19.0 Å². The molecule has 1 aliphatic rings. The molecule has 2 N–H and O–H groups in total. The van der Waals surface area contributed by atoms with E-state index >= 15 is 0 Å². The summed E-state index contributed by atoms with van der Waals surface area (Å²) in [6.45, 7) is 7.30. The molecule has 1 atom stereocenters. The van der Waals surface area contributed by atoms with Crippen molar-refractivity contribution in [3.63, 3.8) is 0 Å². The van der Waals surface area contributed by atoms with Gasteiger partial charge in [-0.25, -0.2) is 0 Å². The minimum absolute atomic E-state index is 0.0491. The fraction of sp³-hybridized carbons (Fsp3) is 0.524. The van der Waals surface area contributed by atoms with E-state index in [2.05, 4.69) is 26.0 Å². The minimum atomic E-state index is -0.331. The number of rotatable bonds is 8. The molecule has 5 heteroatoms. The van der Waals surface area contributed by atoms with Crippen molar-refractivity contribution in [2.75, 3.05) is 32.7 Å². The van der Waals surface area contributed by atoms with Gasteiger partial charge in [0.05, 0.1) is 12.5 Å². The van der Waals surface area contributed by atoms with Crippen LogP contribution < -0.4 is 5.73 Å². The average Bonchev–Trinajstić information content (AvgIpc) is 2.60. The lowest BCUT2D eigenvalue weighted by Gasteiger charge is -2.34. The number of likely N-dealkylation sites (tertiary alicyclic amines) is 1. The average molecular weight is 357 g/mol. The predicted molar refractivity (Wildman–Crippen MR) is 105 cm³/mol. The number of nitrogens with zero attached hydrogens (tertiary/aromatic N) is 2. The zero-order valence-electron chi connectivity index (χ0n) is 15.9. The molecule has 26 heavy (non-hydrogen) atoms. The quantitative estimate of drug-likeness (QED) is 0.777. The third-order valence-corrected chi connectivity index (χ3v) is 4.57. The molecule has 2 amide bonds. The first-order chi connectivity index (χ1) is 12.5. The normalized spacial score (nSPS) is 18.3. The standard InChI is InChI=1S/C21H31N3O2/c1-17(2)14-24(13-6-10-18-8-4-3-5-9-18)21(26)19-11-7-12-23(15-19)16-20(22)25/h3-6,8-10,17,19H,7,11-16H2,1-2H3,(H2,22,25)/b10-6+/t19-/m1/s1. The molecule has 0 unspecified atom stereocenters. The van der Waals surface area contributed by atoms with Crippen LogP contribution in [0.5, 0.6) is 0 Å². The Morgan fingerprint density at radius 2 is 2.04 bits per heavy atom.